The molecular formula is C16H18BrNO5. The molecule has 0 fully saturated rings. The number of methoxy groups -OCH3 is 1. The van der Waals surface area contributed by atoms with E-state index >= 15 is 0 Å². The van der Waals surface area contributed by atoms with Crippen molar-refractivity contribution in [2.24, 2.45) is 0 Å². The van der Waals surface area contributed by atoms with Gasteiger partial charge in [0.05, 0.1) is 23.0 Å². The van der Waals surface area contributed by atoms with Gasteiger partial charge in [-0.15, -0.1) is 0 Å². The number of ether oxygens (including phenoxy) is 1. The van der Waals surface area contributed by atoms with Gasteiger partial charge in [0.25, 0.3) is 5.91 Å². The molecule has 1 amide bonds. The fourth-order valence-corrected chi connectivity index (χ4v) is 3.15. The minimum Gasteiger partial charge on any atom is -0.481 e. The van der Waals surface area contributed by atoms with Gasteiger partial charge in [0.2, 0.25) is 0 Å². The Labute approximate surface area is 141 Å². The van der Waals surface area contributed by atoms with E-state index in [1.807, 2.05) is 19.1 Å². The Bertz CT molecular complexity index is 754. The van der Waals surface area contributed by atoms with E-state index < -0.39 is 17.4 Å². The maximum atomic E-state index is 12.4. The molecule has 0 saturated carbocycles. The molecule has 0 bridgehead atoms. The Balaban J connectivity index is 2.29. The van der Waals surface area contributed by atoms with Crippen molar-refractivity contribution in [1.29, 1.82) is 0 Å². The molecule has 1 aromatic carbocycles. The molecular weight excluding hydrogens is 366 g/mol. The van der Waals surface area contributed by atoms with Gasteiger partial charge in [-0.25, -0.2) is 0 Å². The summed E-state index contributed by atoms with van der Waals surface area (Å²) in [5.41, 5.74) is 0.587. The van der Waals surface area contributed by atoms with E-state index in [1.165, 1.54) is 7.11 Å². The van der Waals surface area contributed by atoms with E-state index in [4.69, 9.17) is 14.3 Å². The first kappa shape index (κ1) is 17.5. The lowest BCUT2D eigenvalue weighted by atomic mass is 9.99. The van der Waals surface area contributed by atoms with Crippen LogP contribution in [-0.2, 0) is 9.53 Å². The number of rotatable bonds is 6. The highest BCUT2D eigenvalue weighted by molar-refractivity contribution is 9.10. The van der Waals surface area contributed by atoms with Gasteiger partial charge in [-0.1, -0.05) is 0 Å². The van der Waals surface area contributed by atoms with E-state index in [0.717, 1.165) is 15.4 Å². The third-order valence-electron chi connectivity index (χ3n) is 3.36. The second-order valence-corrected chi connectivity index (χ2v) is 6.65. The van der Waals surface area contributed by atoms with E-state index in [9.17, 15) is 9.59 Å². The predicted octanol–water partition coefficient (Wildman–Crippen LogP) is 3.11. The Hall–Kier alpha value is -1.86. The highest BCUT2D eigenvalue weighted by Gasteiger charge is 2.31. The molecule has 7 heteroatoms. The van der Waals surface area contributed by atoms with E-state index in [0.29, 0.717) is 5.58 Å². The summed E-state index contributed by atoms with van der Waals surface area (Å²) in [5, 5.41) is 12.5. The number of nitrogens with one attached hydrogen (secondary N) is 1. The van der Waals surface area contributed by atoms with Gasteiger partial charge in [0.15, 0.2) is 5.76 Å². The number of fused-ring (bicyclic) bond motifs is 1. The van der Waals surface area contributed by atoms with Crippen LogP contribution in [-0.4, -0.2) is 36.2 Å². The minimum atomic E-state index is -1.02. The van der Waals surface area contributed by atoms with Gasteiger partial charge < -0.3 is 19.6 Å². The summed E-state index contributed by atoms with van der Waals surface area (Å²) in [5.74, 6) is -1.38. The topological polar surface area (TPSA) is 88.8 Å². The summed E-state index contributed by atoms with van der Waals surface area (Å²) in [6.45, 7) is 3.64. The molecule has 0 saturated heterocycles. The molecule has 1 heterocycles. The molecule has 0 aliphatic heterocycles. The smallest absolute Gasteiger partial charge is 0.305 e. The molecule has 124 valence electrons. The molecule has 6 nitrogen and oxygen atoms in total. The molecule has 2 aromatic rings. The summed E-state index contributed by atoms with van der Waals surface area (Å²) in [6.07, 6.45) is -0.254. The number of furan rings is 1. The number of hydrogen-bond donors (Lipinski definition) is 2. The zero-order valence-corrected chi connectivity index (χ0v) is 14.7. The number of carbonyl (C=O) groups excluding carboxylic acids is 1. The summed E-state index contributed by atoms with van der Waals surface area (Å²) >= 11 is 3.41. The maximum Gasteiger partial charge on any atom is 0.305 e. The van der Waals surface area contributed by atoms with Crippen LogP contribution in [0, 0.1) is 6.92 Å². The minimum absolute atomic E-state index is 0.0775. The number of aryl methyl sites for hydroxylation is 1. The van der Waals surface area contributed by atoms with Crippen LogP contribution < -0.4 is 5.32 Å². The van der Waals surface area contributed by atoms with Crippen LogP contribution in [0.2, 0.25) is 0 Å². The largest absolute Gasteiger partial charge is 0.481 e. The van der Waals surface area contributed by atoms with Gasteiger partial charge in [0, 0.05) is 12.5 Å². The number of aliphatic carboxylic acids is 1. The van der Waals surface area contributed by atoms with Crippen molar-refractivity contribution < 1.29 is 23.8 Å². The number of benzene rings is 1. The molecule has 2 N–H and O–H groups in total. The first-order chi connectivity index (χ1) is 10.7. The number of amides is 1. The second-order valence-electron chi connectivity index (χ2n) is 5.79. The van der Waals surface area contributed by atoms with Crippen LogP contribution in [0.4, 0.5) is 0 Å². The molecule has 23 heavy (non-hydrogen) atoms. The van der Waals surface area contributed by atoms with Crippen LogP contribution in [0.15, 0.2) is 27.1 Å². The number of carboxylic acids is 1. The summed E-state index contributed by atoms with van der Waals surface area (Å²) in [6, 6.07) is 5.44. The van der Waals surface area contributed by atoms with Gasteiger partial charge in [-0.2, -0.15) is 0 Å². The molecule has 2 rings (SSSR count). The fraction of sp³-hybridized carbons (Fsp3) is 0.375. The zero-order chi connectivity index (χ0) is 17.2. The fourth-order valence-electron chi connectivity index (χ4n) is 2.48. The normalized spacial score (nSPS) is 13.7. The van der Waals surface area contributed by atoms with Gasteiger partial charge in [-0.05, 0) is 53.5 Å². The molecule has 1 aromatic heterocycles. The van der Waals surface area contributed by atoms with E-state index in [1.54, 1.807) is 13.0 Å². The molecule has 1 unspecified atom stereocenters. The van der Waals surface area contributed by atoms with E-state index in [-0.39, 0.29) is 18.8 Å². The third kappa shape index (κ3) is 4.11. The zero-order valence-electron chi connectivity index (χ0n) is 13.1. The lowest BCUT2D eigenvalue weighted by Gasteiger charge is -2.27. The maximum absolute atomic E-state index is 12.4. The van der Waals surface area contributed by atoms with Crippen LogP contribution in [0.25, 0.3) is 11.0 Å². The Morgan fingerprint density at radius 3 is 2.70 bits per heavy atom. The molecule has 0 spiro atoms. The van der Waals surface area contributed by atoms with E-state index in [2.05, 4.69) is 21.2 Å². The number of halogens is 1. The summed E-state index contributed by atoms with van der Waals surface area (Å²) < 4.78 is 11.4. The SMILES string of the molecule is COCC(C)(CC(=O)O)NC(=O)c1cc2cc(C)cc(Br)c2o1. The van der Waals surface area contributed by atoms with Crippen LogP contribution in [0.5, 0.6) is 0 Å². The summed E-state index contributed by atoms with van der Waals surface area (Å²) in [7, 11) is 1.45. The average molecular weight is 384 g/mol. The monoisotopic (exact) mass is 383 g/mol. The Morgan fingerprint density at radius 2 is 2.09 bits per heavy atom. The molecule has 1 atom stereocenters. The quantitative estimate of drug-likeness (QED) is 0.799. The van der Waals surface area contributed by atoms with Crippen LogP contribution >= 0.6 is 15.9 Å². The average Bonchev–Trinajstić information content (AvgIpc) is 2.81. The lowest BCUT2D eigenvalue weighted by molar-refractivity contribution is -0.139. The van der Waals surface area contributed by atoms with Gasteiger partial charge in [0.1, 0.15) is 5.58 Å². The van der Waals surface area contributed by atoms with Crippen molar-refractivity contribution >= 4 is 38.8 Å². The van der Waals surface area contributed by atoms with Crippen LogP contribution in [0.1, 0.15) is 29.5 Å². The van der Waals surface area contributed by atoms with Crippen molar-refractivity contribution in [2.45, 2.75) is 25.8 Å². The summed E-state index contributed by atoms with van der Waals surface area (Å²) in [4.78, 5) is 23.4. The third-order valence-corrected chi connectivity index (χ3v) is 3.95. The van der Waals surface area contributed by atoms with Gasteiger partial charge >= 0.3 is 5.97 Å². The number of hydrogen-bond acceptors (Lipinski definition) is 4. The van der Waals surface area contributed by atoms with Crippen molar-refractivity contribution in [1.82, 2.24) is 5.32 Å². The standard InChI is InChI=1S/C16H18BrNO5/c1-9-4-10-6-12(23-14(10)11(17)5-9)15(21)18-16(2,8-22-3)7-13(19)20/h4-6H,7-8H2,1-3H3,(H,18,21)(H,19,20). The first-order valence-corrected chi connectivity index (χ1v) is 7.76. The van der Waals surface area contributed by atoms with Crippen molar-refractivity contribution in [3.63, 3.8) is 0 Å². The van der Waals surface area contributed by atoms with Crippen molar-refractivity contribution in [3.05, 3.63) is 34.0 Å². The molecule has 0 aliphatic carbocycles. The van der Waals surface area contributed by atoms with Crippen molar-refractivity contribution in [2.75, 3.05) is 13.7 Å². The second kappa shape index (κ2) is 6.72. The number of carbonyl (C=O) groups is 2. The highest BCUT2D eigenvalue weighted by Crippen LogP contribution is 2.29. The first-order valence-electron chi connectivity index (χ1n) is 6.97. The molecule has 0 radical (unpaired) electrons. The Kier molecular flexibility index (Phi) is 5.11. The lowest BCUT2D eigenvalue weighted by Crippen LogP contribution is -2.50. The Morgan fingerprint density at radius 1 is 1.39 bits per heavy atom. The van der Waals surface area contributed by atoms with Crippen molar-refractivity contribution in [3.8, 4) is 0 Å². The number of carboxylic acid groups (broad SMARTS) is 1. The predicted molar refractivity (Wildman–Crippen MR) is 88.7 cm³/mol. The van der Waals surface area contributed by atoms with Gasteiger partial charge in [-0.3, -0.25) is 9.59 Å². The molecule has 0 aliphatic rings. The van der Waals surface area contributed by atoms with Crippen LogP contribution in [0.3, 0.4) is 0 Å². The highest BCUT2D eigenvalue weighted by atomic mass is 79.9.